The number of anilines is 5. The van der Waals surface area contributed by atoms with Gasteiger partial charge in [-0.1, -0.05) is 23.8 Å². The van der Waals surface area contributed by atoms with E-state index in [0.717, 1.165) is 22.4 Å². The third kappa shape index (κ3) is 8.42. The molecule has 0 aromatic heterocycles. The lowest BCUT2D eigenvalue weighted by Gasteiger charge is -2.12. The van der Waals surface area contributed by atoms with Gasteiger partial charge in [0.2, 0.25) is 0 Å². The van der Waals surface area contributed by atoms with E-state index in [9.17, 15) is 5.11 Å². The van der Waals surface area contributed by atoms with E-state index in [1.165, 1.54) is 5.56 Å². The van der Waals surface area contributed by atoms with Gasteiger partial charge in [-0.15, -0.1) is 30.4 Å². The van der Waals surface area contributed by atoms with E-state index in [-0.39, 0.29) is 17.1 Å². The minimum atomic E-state index is -0.115. The van der Waals surface area contributed by atoms with Crippen molar-refractivity contribution >= 4 is 75.8 Å². The smallest absolute Gasteiger partial charge is 0.154 e. The molecule has 0 aliphatic rings. The second kappa shape index (κ2) is 14.6. The quantitative estimate of drug-likeness (QED) is 0.0563. The van der Waals surface area contributed by atoms with E-state index in [4.69, 9.17) is 33.4 Å². The van der Waals surface area contributed by atoms with Crippen LogP contribution in [0.15, 0.2) is 86.7 Å². The molecule has 0 aliphatic carbocycles. The first kappa shape index (κ1) is 33.8. The minimum absolute atomic E-state index is 0.115. The molecule has 44 heavy (non-hydrogen) atoms. The van der Waals surface area contributed by atoms with Crippen LogP contribution in [0.4, 0.5) is 39.8 Å². The summed E-state index contributed by atoms with van der Waals surface area (Å²) in [6.07, 6.45) is 0. The van der Waals surface area contributed by atoms with Gasteiger partial charge in [0.05, 0.1) is 35.2 Å². The van der Waals surface area contributed by atoms with E-state index in [0.29, 0.717) is 49.1 Å². The lowest BCUT2D eigenvalue weighted by atomic mass is 10.1. The van der Waals surface area contributed by atoms with E-state index in [2.05, 4.69) is 35.5 Å². The summed E-state index contributed by atoms with van der Waals surface area (Å²) in [7, 11) is 1.57. The van der Waals surface area contributed by atoms with Gasteiger partial charge in [0.1, 0.15) is 11.4 Å². The van der Waals surface area contributed by atoms with Crippen molar-refractivity contribution in [3.8, 4) is 11.5 Å². The predicted molar refractivity (Wildman–Crippen MR) is 191 cm³/mol. The van der Waals surface area contributed by atoms with Gasteiger partial charge in [-0.2, -0.15) is 5.11 Å². The summed E-state index contributed by atoms with van der Waals surface area (Å²) in [6, 6.07) is 20.6. The average molecular weight is 630 g/mol. The average Bonchev–Trinajstić information content (AvgIpc) is 2.95. The first-order chi connectivity index (χ1) is 20.7. The van der Waals surface area contributed by atoms with Gasteiger partial charge in [-0.3, -0.25) is 0 Å². The fraction of sp³-hybridized carbons (Fsp3) is 0.152. The van der Waals surface area contributed by atoms with Crippen LogP contribution in [0.25, 0.3) is 10.8 Å². The Bertz CT molecular complexity index is 1780. The van der Waals surface area contributed by atoms with Crippen molar-refractivity contribution in [2.24, 2.45) is 10.2 Å². The molecule has 0 saturated heterocycles. The van der Waals surface area contributed by atoms with Crippen LogP contribution in [0.3, 0.4) is 0 Å². The Kier molecular flexibility index (Phi) is 11.2. The molecule has 0 fully saturated rings. The van der Waals surface area contributed by atoms with Crippen LogP contribution in [-0.4, -0.2) is 12.2 Å². The number of phenols is 1. The molecular formula is C33H39N7O2S2. The molecule has 0 spiro atoms. The highest BCUT2D eigenvalue weighted by molar-refractivity contribution is 7.80. The van der Waals surface area contributed by atoms with Gasteiger partial charge >= 0.3 is 0 Å². The van der Waals surface area contributed by atoms with Gasteiger partial charge in [-0.25, -0.2) is 0 Å². The van der Waals surface area contributed by atoms with Crippen molar-refractivity contribution in [3.05, 3.63) is 89.0 Å². The van der Waals surface area contributed by atoms with Crippen LogP contribution >= 0.6 is 25.3 Å². The molecule has 5 aromatic carbocycles. The lowest BCUT2D eigenvalue weighted by molar-refractivity contribution is 0.417. The molecule has 5 rings (SSSR count). The molecule has 11 heteroatoms. The van der Waals surface area contributed by atoms with Gasteiger partial charge in [0.15, 0.2) is 5.75 Å². The maximum atomic E-state index is 10.7. The number of rotatable bonds is 3. The first-order valence-corrected chi connectivity index (χ1v) is 14.4. The Morgan fingerprint density at radius 2 is 1.27 bits per heavy atom. The normalized spacial score (nSPS) is 10.6. The molecule has 0 radical (unpaired) electrons. The molecule has 0 bridgehead atoms. The number of ether oxygens (including phenoxy) is 1. The molecule has 0 aliphatic heterocycles. The minimum Gasteiger partial charge on any atom is -0.505 e. The molecule has 11 N–H and O–H groups in total. The molecule has 9 nitrogen and oxygen atoms in total. The summed E-state index contributed by atoms with van der Waals surface area (Å²) in [5, 5.41) is 20.1. The van der Waals surface area contributed by atoms with Crippen LogP contribution in [0.2, 0.25) is 0 Å². The second-order valence-corrected chi connectivity index (χ2v) is 11.3. The molecule has 0 heterocycles. The summed E-state index contributed by atoms with van der Waals surface area (Å²) in [6.45, 7) is 7.92. The van der Waals surface area contributed by atoms with Gasteiger partial charge in [-0.05, 0) is 86.8 Å². The number of aromatic hydroxyl groups is 1. The predicted octanol–water partition coefficient (Wildman–Crippen LogP) is 8.06. The largest absolute Gasteiger partial charge is 0.505 e. The molecular weight excluding hydrogens is 591 g/mol. The maximum Gasteiger partial charge on any atom is 0.154 e. The zero-order chi connectivity index (χ0) is 32.7. The second-order valence-electron chi connectivity index (χ2n) is 10.3. The third-order valence-corrected chi connectivity index (χ3v) is 7.28. The lowest BCUT2D eigenvalue weighted by Crippen LogP contribution is -1.96. The number of benzene rings is 5. The van der Waals surface area contributed by atoms with Crippen LogP contribution in [0.5, 0.6) is 11.5 Å². The van der Waals surface area contributed by atoms with Crippen molar-refractivity contribution in [2.45, 2.75) is 37.5 Å². The number of azo groups is 1. The highest BCUT2D eigenvalue weighted by Crippen LogP contribution is 2.46. The van der Waals surface area contributed by atoms with E-state index >= 15 is 0 Å². The van der Waals surface area contributed by atoms with E-state index in [1.807, 2.05) is 70.2 Å². The third-order valence-electron chi connectivity index (χ3n) is 6.57. The monoisotopic (exact) mass is 629 g/mol. The number of nitrogens with zero attached hydrogens (tertiary/aromatic N) is 2. The maximum absolute atomic E-state index is 10.7. The number of hydrogen-bond acceptors (Lipinski definition) is 11. The van der Waals surface area contributed by atoms with Crippen molar-refractivity contribution < 1.29 is 9.84 Å². The standard InChI is InChI=1S/C18H18N4OS2.C8H12N2O.C7H9N/c1-8-3-9(2)5-10(4-8)21-22-17-14(25)6-11-13(24)7-12(19)16(20)15(11)18(17)23;1-5-3-7(10)8(11-2)4-6(5)9;1-6-2-4-7(8)5-3-6/h3-7,23-25H,19-20H2,1-2H3;3-4H,9-10H2,1-2H3;2-5H,8H2,1H3. The fourth-order valence-corrected chi connectivity index (χ4v) is 4.85. The van der Waals surface area contributed by atoms with Gasteiger partial charge < -0.3 is 38.5 Å². The Morgan fingerprint density at radius 1 is 0.659 bits per heavy atom. The first-order valence-electron chi connectivity index (χ1n) is 13.5. The highest BCUT2D eigenvalue weighted by atomic mass is 32.1. The SMILES string of the molecule is COc1cc(N)c(C)cc1N.Cc1cc(C)cc(N=Nc2c(S)cc3c(S)cc(N)c(N)c3c2O)c1.Cc1ccc(N)cc1. The number of nitrogens with two attached hydrogens (primary N) is 5. The summed E-state index contributed by atoms with van der Waals surface area (Å²) >= 11 is 8.81. The number of methoxy groups -OCH3 is 1. The van der Waals surface area contributed by atoms with Crippen LogP contribution in [0.1, 0.15) is 22.3 Å². The molecule has 5 aromatic rings. The fourth-order valence-electron chi connectivity index (χ4n) is 4.25. The summed E-state index contributed by atoms with van der Waals surface area (Å²) in [4.78, 5) is 1.07. The number of aryl methyl sites for hydroxylation is 4. The van der Waals surface area contributed by atoms with Crippen molar-refractivity contribution in [2.75, 3.05) is 35.8 Å². The van der Waals surface area contributed by atoms with Crippen LogP contribution in [0, 0.1) is 27.7 Å². The molecule has 0 amide bonds. The summed E-state index contributed by atoms with van der Waals surface area (Å²) in [5.41, 5.74) is 36.7. The van der Waals surface area contributed by atoms with Gasteiger partial charge in [0.25, 0.3) is 0 Å². The topological polar surface area (TPSA) is 184 Å². The number of hydrogen-bond donors (Lipinski definition) is 8. The zero-order valence-corrected chi connectivity index (χ0v) is 27.2. The molecule has 230 valence electrons. The Morgan fingerprint density at radius 3 is 1.84 bits per heavy atom. The van der Waals surface area contributed by atoms with Crippen molar-refractivity contribution in [3.63, 3.8) is 0 Å². The number of phenolic OH excluding ortho intramolecular Hbond substituents is 1. The number of fused-ring (bicyclic) bond motifs is 1. The molecule has 0 atom stereocenters. The summed E-state index contributed by atoms with van der Waals surface area (Å²) in [5.74, 6) is 0.517. The zero-order valence-electron chi connectivity index (χ0n) is 25.4. The number of thiol groups is 2. The highest BCUT2D eigenvalue weighted by Gasteiger charge is 2.17. The molecule has 0 unspecified atom stereocenters. The van der Waals surface area contributed by atoms with Crippen molar-refractivity contribution in [1.29, 1.82) is 0 Å². The van der Waals surface area contributed by atoms with Crippen LogP contribution in [-0.2, 0) is 0 Å². The van der Waals surface area contributed by atoms with Crippen LogP contribution < -0.4 is 33.4 Å². The van der Waals surface area contributed by atoms with E-state index < -0.39 is 0 Å². The Hall–Kier alpha value is -4.74. The summed E-state index contributed by atoms with van der Waals surface area (Å²) < 4.78 is 4.98. The Balaban J connectivity index is 0.000000227. The van der Waals surface area contributed by atoms with E-state index in [1.54, 1.807) is 31.4 Å². The Labute approximate surface area is 268 Å². The van der Waals surface area contributed by atoms with Gasteiger partial charge in [0, 0.05) is 32.6 Å². The van der Waals surface area contributed by atoms with Crippen molar-refractivity contribution in [1.82, 2.24) is 0 Å². The number of nitrogen functional groups attached to an aromatic ring is 5. The molecule has 0 saturated carbocycles.